The highest BCUT2D eigenvalue weighted by Crippen LogP contribution is 2.23. The molecule has 1 aliphatic heterocycles. The van der Waals surface area contributed by atoms with E-state index >= 15 is 0 Å². The highest BCUT2D eigenvalue weighted by Gasteiger charge is 2.19. The van der Waals surface area contributed by atoms with Crippen LogP contribution in [0.2, 0.25) is 0 Å². The Morgan fingerprint density at radius 2 is 1.55 bits per heavy atom. The summed E-state index contributed by atoms with van der Waals surface area (Å²) in [5.41, 5.74) is 2.07. The first-order valence-corrected chi connectivity index (χ1v) is 6.72. The van der Waals surface area contributed by atoms with Gasteiger partial charge in [-0.25, -0.2) is 0 Å². The fourth-order valence-electron chi connectivity index (χ4n) is 2.29. The van der Waals surface area contributed by atoms with E-state index in [1.807, 2.05) is 48.5 Å². The van der Waals surface area contributed by atoms with Crippen molar-refractivity contribution >= 4 is 17.2 Å². The summed E-state index contributed by atoms with van der Waals surface area (Å²) >= 11 is 0. The quantitative estimate of drug-likeness (QED) is 0.922. The van der Waals surface area contributed by atoms with Gasteiger partial charge in [0.15, 0.2) is 5.78 Å². The molecule has 1 aliphatic rings. The average molecular weight is 264 g/mol. The minimum Gasteiger partial charge on any atom is -0.342 e. The first-order chi connectivity index (χ1) is 9.83. The predicted molar refractivity (Wildman–Crippen MR) is 81.6 cm³/mol. The molecule has 0 spiro atoms. The summed E-state index contributed by atoms with van der Waals surface area (Å²) in [4.78, 5) is 13.8. The molecule has 0 atom stereocenters. The molecule has 0 aromatic heterocycles. The van der Waals surface area contributed by atoms with Gasteiger partial charge in [-0.2, -0.15) is 0 Å². The molecule has 0 unspecified atom stereocenters. The zero-order chi connectivity index (χ0) is 13.8. The normalized spacial score (nSPS) is 14.9. The molecule has 1 heterocycles. The largest absolute Gasteiger partial charge is 0.342 e. The monoisotopic (exact) mass is 264 g/mol. The van der Waals surface area contributed by atoms with Gasteiger partial charge in [-0.05, 0) is 24.3 Å². The van der Waals surface area contributed by atoms with Gasteiger partial charge in [0.1, 0.15) is 5.82 Å². The molecule has 0 saturated heterocycles. The Hall–Kier alpha value is -2.55. The number of para-hydroxylation sites is 2. The number of hydrogen-bond donors (Lipinski definition) is 1. The molecule has 0 radical (unpaired) electrons. The fourth-order valence-corrected chi connectivity index (χ4v) is 2.29. The van der Waals surface area contributed by atoms with E-state index in [4.69, 9.17) is 0 Å². The number of ketones is 1. The molecule has 0 saturated carbocycles. The Kier molecular flexibility index (Phi) is 3.50. The van der Waals surface area contributed by atoms with Crippen molar-refractivity contribution in [1.82, 2.24) is 0 Å². The van der Waals surface area contributed by atoms with Crippen LogP contribution < -0.4 is 10.2 Å². The smallest absolute Gasteiger partial charge is 0.161 e. The van der Waals surface area contributed by atoms with Gasteiger partial charge in [0.25, 0.3) is 0 Å². The van der Waals surface area contributed by atoms with Crippen molar-refractivity contribution in [3.63, 3.8) is 0 Å². The second-order valence-electron chi connectivity index (χ2n) is 4.72. The van der Waals surface area contributed by atoms with Crippen molar-refractivity contribution in [2.24, 2.45) is 0 Å². The SMILES string of the molecule is O=C1C=C(Nc2ccccc2)N(c2ccccc2)CC1. The maximum Gasteiger partial charge on any atom is 0.161 e. The van der Waals surface area contributed by atoms with Gasteiger partial charge in [-0.3, -0.25) is 4.79 Å². The van der Waals surface area contributed by atoms with Crippen molar-refractivity contribution < 1.29 is 4.79 Å². The van der Waals surface area contributed by atoms with Crippen LogP contribution in [0.5, 0.6) is 0 Å². The van der Waals surface area contributed by atoms with E-state index in [1.54, 1.807) is 6.08 Å². The second-order valence-corrected chi connectivity index (χ2v) is 4.72. The molecule has 3 rings (SSSR count). The zero-order valence-electron chi connectivity index (χ0n) is 11.1. The minimum atomic E-state index is 0.163. The van der Waals surface area contributed by atoms with Crippen LogP contribution >= 0.6 is 0 Å². The van der Waals surface area contributed by atoms with Crippen LogP contribution in [0.1, 0.15) is 6.42 Å². The highest BCUT2D eigenvalue weighted by atomic mass is 16.1. The van der Waals surface area contributed by atoms with Crippen LogP contribution in [-0.4, -0.2) is 12.3 Å². The summed E-state index contributed by atoms with van der Waals surface area (Å²) in [6, 6.07) is 20.0. The van der Waals surface area contributed by atoms with Gasteiger partial charge in [0.05, 0.1) is 0 Å². The first-order valence-electron chi connectivity index (χ1n) is 6.72. The van der Waals surface area contributed by atoms with Crippen LogP contribution in [-0.2, 0) is 4.79 Å². The Morgan fingerprint density at radius 3 is 2.25 bits per heavy atom. The second kappa shape index (κ2) is 5.61. The lowest BCUT2D eigenvalue weighted by Crippen LogP contribution is -2.33. The number of nitrogens with zero attached hydrogens (tertiary/aromatic N) is 1. The number of allylic oxidation sites excluding steroid dienone is 1. The van der Waals surface area contributed by atoms with E-state index in [0.29, 0.717) is 13.0 Å². The molecule has 20 heavy (non-hydrogen) atoms. The summed E-state index contributed by atoms with van der Waals surface area (Å²) in [6.07, 6.45) is 2.23. The van der Waals surface area contributed by atoms with Crippen molar-refractivity contribution in [3.05, 3.63) is 72.6 Å². The van der Waals surface area contributed by atoms with Gasteiger partial charge in [0, 0.05) is 30.4 Å². The van der Waals surface area contributed by atoms with Crippen molar-refractivity contribution in [3.8, 4) is 0 Å². The van der Waals surface area contributed by atoms with E-state index in [2.05, 4.69) is 22.3 Å². The van der Waals surface area contributed by atoms with Gasteiger partial charge in [-0.1, -0.05) is 36.4 Å². The van der Waals surface area contributed by atoms with E-state index in [0.717, 1.165) is 17.2 Å². The summed E-state index contributed by atoms with van der Waals surface area (Å²) < 4.78 is 0. The minimum absolute atomic E-state index is 0.163. The molecular weight excluding hydrogens is 248 g/mol. The molecule has 100 valence electrons. The standard InChI is InChI=1S/C17H16N2O/c20-16-11-12-19(15-9-5-2-6-10-15)17(13-16)18-14-7-3-1-4-8-14/h1-10,13,18H,11-12H2. The van der Waals surface area contributed by atoms with Gasteiger partial charge >= 0.3 is 0 Å². The van der Waals surface area contributed by atoms with E-state index in [-0.39, 0.29) is 5.78 Å². The maximum absolute atomic E-state index is 11.7. The predicted octanol–water partition coefficient (Wildman–Crippen LogP) is 3.42. The Bertz CT molecular complexity index is 620. The summed E-state index contributed by atoms with van der Waals surface area (Å²) in [5.74, 6) is 0.995. The Morgan fingerprint density at radius 1 is 0.900 bits per heavy atom. The third kappa shape index (κ3) is 2.72. The third-order valence-electron chi connectivity index (χ3n) is 3.28. The number of rotatable bonds is 3. The molecular formula is C17H16N2O. The lowest BCUT2D eigenvalue weighted by atomic mass is 10.1. The summed E-state index contributed by atoms with van der Waals surface area (Å²) in [6.45, 7) is 0.703. The van der Waals surface area contributed by atoms with Gasteiger partial charge < -0.3 is 10.2 Å². The first kappa shape index (κ1) is 12.5. The molecule has 0 aliphatic carbocycles. The van der Waals surface area contributed by atoms with Crippen molar-refractivity contribution in [2.75, 3.05) is 16.8 Å². The highest BCUT2D eigenvalue weighted by molar-refractivity contribution is 5.93. The Labute approximate surface area is 118 Å². The third-order valence-corrected chi connectivity index (χ3v) is 3.28. The molecule has 3 heteroatoms. The maximum atomic E-state index is 11.7. The number of carbonyl (C=O) groups excluding carboxylic acids is 1. The lowest BCUT2D eigenvalue weighted by Gasteiger charge is -2.30. The number of benzene rings is 2. The van der Waals surface area contributed by atoms with E-state index in [9.17, 15) is 4.79 Å². The van der Waals surface area contributed by atoms with Crippen LogP contribution in [0.4, 0.5) is 11.4 Å². The topological polar surface area (TPSA) is 32.3 Å². The van der Waals surface area contributed by atoms with E-state index < -0.39 is 0 Å². The van der Waals surface area contributed by atoms with Crippen LogP contribution in [0.25, 0.3) is 0 Å². The summed E-state index contributed by atoms with van der Waals surface area (Å²) in [5, 5.41) is 3.33. The van der Waals surface area contributed by atoms with Crippen LogP contribution in [0, 0.1) is 0 Å². The number of anilines is 2. The zero-order valence-corrected chi connectivity index (χ0v) is 11.1. The van der Waals surface area contributed by atoms with Crippen LogP contribution in [0.3, 0.4) is 0 Å². The molecule has 1 N–H and O–H groups in total. The van der Waals surface area contributed by atoms with Gasteiger partial charge in [0.2, 0.25) is 0 Å². The molecule has 3 nitrogen and oxygen atoms in total. The average Bonchev–Trinajstić information content (AvgIpc) is 2.49. The molecule has 2 aromatic carbocycles. The van der Waals surface area contributed by atoms with Gasteiger partial charge in [-0.15, -0.1) is 0 Å². The molecule has 0 amide bonds. The lowest BCUT2D eigenvalue weighted by molar-refractivity contribution is -0.114. The van der Waals surface area contributed by atoms with Crippen LogP contribution in [0.15, 0.2) is 72.6 Å². The molecule has 0 bridgehead atoms. The number of hydrogen-bond acceptors (Lipinski definition) is 3. The molecule has 2 aromatic rings. The van der Waals surface area contributed by atoms with E-state index in [1.165, 1.54) is 0 Å². The number of nitrogens with one attached hydrogen (secondary N) is 1. The Balaban J connectivity index is 1.90. The summed E-state index contributed by atoms with van der Waals surface area (Å²) in [7, 11) is 0. The van der Waals surface area contributed by atoms with Crippen molar-refractivity contribution in [2.45, 2.75) is 6.42 Å². The molecule has 0 fully saturated rings. The van der Waals surface area contributed by atoms with Crippen molar-refractivity contribution in [1.29, 1.82) is 0 Å². The fraction of sp³-hybridized carbons (Fsp3) is 0.118. The number of carbonyl (C=O) groups is 1.